The van der Waals surface area contributed by atoms with Crippen LogP contribution in [-0.4, -0.2) is 5.16 Å². The minimum absolute atomic E-state index is 0.189. The number of aromatic nitrogens is 1. The molecule has 72 valence electrons. The second-order valence-electron chi connectivity index (χ2n) is 4.29. The van der Waals surface area contributed by atoms with Crippen LogP contribution in [0, 0.1) is 6.92 Å². The van der Waals surface area contributed by atoms with E-state index < -0.39 is 0 Å². The van der Waals surface area contributed by atoms with Gasteiger partial charge in [-0.1, -0.05) is 24.9 Å². The fourth-order valence-corrected chi connectivity index (χ4v) is 2.29. The van der Waals surface area contributed by atoms with Crippen LogP contribution in [0.4, 0.5) is 5.82 Å². The van der Waals surface area contributed by atoms with Crippen molar-refractivity contribution < 1.29 is 4.52 Å². The molecular formula is C10H16N2O. The van der Waals surface area contributed by atoms with Crippen molar-refractivity contribution in [3.8, 4) is 0 Å². The van der Waals surface area contributed by atoms with Crippen LogP contribution in [0.2, 0.25) is 0 Å². The first-order valence-electron chi connectivity index (χ1n) is 4.86. The average molecular weight is 180 g/mol. The molecule has 3 heteroatoms. The lowest BCUT2D eigenvalue weighted by atomic mass is 9.84. The molecule has 1 aromatic rings. The molecule has 1 aliphatic rings. The van der Waals surface area contributed by atoms with Crippen molar-refractivity contribution in [1.82, 2.24) is 5.16 Å². The third-order valence-electron chi connectivity index (χ3n) is 3.22. The van der Waals surface area contributed by atoms with Crippen molar-refractivity contribution in [2.75, 3.05) is 5.73 Å². The first kappa shape index (κ1) is 8.60. The maximum absolute atomic E-state index is 5.66. The van der Waals surface area contributed by atoms with Crippen LogP contribution in [0.5, 0.6) is 0 Å². The van der Waals surface area contributed by atoms with Gasteiger partial charge in [-0.25, -0.2) is 0 Å². The Kier molecular flexibility index (Phi) is 1.82. The van der Waals surface area contributed by atoms with E-state index in [0.29, 0.717) is 5.82 Å². The van der Waals surface area contributed by atoms with Gasteiger partial charge >= 0.3 is 0 Å². The van der Waals surface area contributed by atoms with E-state index in [0.717, 1.165) is 11.3 Å². The Bertz CT molecular complexity index is 311. The largest absolute Gasteiger partial charge is 0.381 e. The molecule has 0 unspecified atom stereocenters. The highest BCUT2D eigenvalue weighted by atomic mass is 16.5. The van der Waals surface area contributed by atoms with E-state index in [1.54, 1.807) is 0 Å². The lowest BCUT2D eigenvalue weighted by Crippen LogP contribution is -2.17. The van der Waals surface area contributed by atoms with Gasteiger partial charge in [-0.2, -0.15) is 0 Å². The minimum Gasteiger partial charge on any atom is -0.381 e. The normalized spacial score (nSPS) is 20.8. The molecule has 0 atom stereocenters. The van der Waals surface area contributed by atoms with Crippen molar-refractivity contribution in [3.05, 3.63) is 11.3 Å². The Balaban J connectivity index is 2.39. The van der Waals surface area contributed by atoms with Crippen molar-refractivity contribution in [2.45, 2.75) is 44.9 Å². The number of nitrogens with two attached hydrogens (primary N) is 1. The Morgan fingerprint density at radius 3 is 2.46 bits per heavy atom. The zero-order valence-corrected chi connectivity index (χ0v) is 8.26. The number of hydrogen-bond donors (Lipinski definition) is 1. The SMILES string of the molecule is Cc1c(N)noc1C1(C)CCCC1. The summed E-state index contributed by atoms with van der Waals surface area (Å²) in [7, 11) is 0. The van der Waals surface area contributed by atoms with Crippen molar-refractivity contribution in [3.63, 3.8) is 0 Å². The number of rotatable bonds is 1. The van der Waals surface area contributed by atoms with Crippen LogP contribution in [0.25, 0.3) is 0 Å². The average Bonchev–Trinajstić information content (AvgIpc) is 2.63. The van der Waals surface area contributed by atoms with Gasteiger partial charge in [0.05, 0.1) is 0 Å². The number of nitrogens with zero attached hydrogens (tertiary/aromatic N) is 1. The molecule has 0 radical (unpaired) electrons. The smallest absolute Gasteiger partial charge is 0.170 e. The highest BCUT2D eigenvalue weighted by Gasteiger charge is 2.36. The summed E-state index contributed by atoms with van der Waals surface area (Å²) >= 11 is 0. The number of anilines is 1. The van der Waals surface area contributed by atoms with Crippen LogP contribution in [0.15, 0.2) is 4.52 Å². The topological polar surface area (TPSA) is 52.0 Å². The second-order valence-corrected chi connectivity index (χ2v) is 4.29. The predicted molar refractivity (Wildman–Crippen MR) is 51.5 cm³/mol. The van der Waals surface area contributed by atoms with Gasteiger partial charge in [-0.15, -0.1) is 0 Å². The summed E-state index contributed by atoms with van der Waals surface area (Å²) in [6, 6.07) is 0. The van der Waals surface area contributed by atoms with Crippen LogP contribution >= 0.6 is 0 Å². The molecule has 1 aromatic heterocycles. The Labute approximate surface area is 78.3 Å². The lowest BCUT2D eigenvalue weighted by molar-refractivity contribution is 0.304. The molecule has 0 aliphatic heterocycles. The summed E-state index contributed by atoms with van der Waals surface area (Å²) in [4.78, 5) is 0. The molecule has 1 fully saturated rings. The van der Waals surface area contributed by atoms with E-state index in [1.165, 1.54) is 25.7 Å². The van der Waals surface area contributed by atoms with E-state index >= 15 is 0 Å². The molecule has 2 N–H and O–H groups in total. The van der Waals surface area contributed by atoms with Gasteiger partial charge in [0, 0.05) is 11.0 Å². The molecule has 3 nitrogen and oxygen atoms in total. The van der Waals surface area contributed by atoms with Crippen molar-refractivity contribution in [2.24, 2.45) is 0 Å². The van der Waals surface area contributed by atoms with Gasteiger partial charge in [0.15, 0.2) is 5.82 Å². The number of nitrogen functional groups attached to an aromatic ring is 1. The summed E-state index contributed by atoms with van der Waals surface area (Å²) in [6.07, 6.45) is 4.97. The summed E-state index contributed by atoms with van der Waals surface area (Å²) < 4.78 is 5.31. The third kappa shape index (κ3) is 1.23. The monoisotopic (exact) mass is 180 g/mol. The predicted octanol–water partition coefficient (Wildman–Crippen LogP) is 2.40. The lowest BCUT2D eigenvalue weighted by Gasteiger charge is -2.20. The molecule has 0 saturated heterocycles. The van der Waals surface area contributed by atoms with Crippen LogP contribution in [0.3, 0.4) is 0 Å². The fourth-order valence-electron chi connectivity index (χ4n) is 2.29. The second kappa shape index (κ2) is 2.76. The van der Waals surface area contributed by atoms with Gasteiger partial charge in [0.25, 0.3) is 0 Å². The molecule has 1 heterocycles. The van der Waals surface area contributed by atoms with E-state index in [1.807, 2.05) is 6.92 Å². The quantitative estimate of drug-likeness (QED) is 0.722. The fraction of sp³-hybridized carbons (Fsp3) is 0.700. The molecule has 0 spiro atoms. The van der Waals surface area contributed by atoms with E-state index in [2.05, 4.69) is 12.1 Å². The van der Waals surface area contributed by atoms with Crippen LogP contribution in [0.1, 0.15) is 43.9 Å². The highest BCUT2D eigenvalue weighted by Crippen LogP contribution is 2.42. The van der Waals surface area contributed by atoms with Crippen LogP contribution in [-0.2, 0) is 5.41 Å². The van der Waals surface area contributed by atoms with Gasteiger partial charge in [-0.3, -0.25) is 0 Å². The molecule has 13 heavy (non-hydrogen) atoms. The summed E-state index contributed by atoms with van der Waals surface area (Å²) in [5.41, 5.74) is 6.88. The maximum atomic E-state index is 5.66. The van der Waals surface area contributed by atoms with Gasteiger partial charge < -0.3 is 10.3 Å². The summed E-state index contributed by atoms with van der Waals surface area (Å²) in [5.74, 6) is 1.55. The first-order valence-corrected chi connectivity index (χ1v) is 4.86. The van der Waals surface area contributed by atoms with Gasteiger partial charge in [-0.05, 0) is 19.8 Å². The van der Waals surface area contributed by atoms with Crippen molar-refractivity contribution in [1.29, 1.82) is 0 Å². The first-order chi connectivity index (χ1) is 6.13. The molecule has 2 rings (SSSR count). The molecule has 1 aliphatic carbocycles. The van der Waals surface area contributed by atoms with Gasteiger partial charge in [0.2, 0.25) is 0 Å². The summed E-state index contributed by atoms with van der Waals surface area (Å²) in [6.45, 7) is 4.23. The van der Waals surface area contributed by atoms with E-state index in [4.69, 9.17) is 10.3 Å². The minimum atomic E-state index is 0.189. The van der Waals surface area contributed by atoms with E-state index in [9.17, 15) is 0 Å². The van der Waals surface area contributed by atoms with Gasteiger partial charge in [0.1, 0.15) is 5.76 Å². The Morgan fingerprint density at radius 2 is 2.00 bits per heavy atom. The molecule has 0 aromatic carbocycles. The summed E-state index contributed by atoms with van der Waals surface area (Å²) in [5, 5.41) is 3.81. The molecular weight excluding hydrogens is 164 g/mol. The Morgan fingerprint density at radius 1 is 1.38 bits per heavy atom. The molecule has 1 saturated carbocycles. The highest BCUT2D eigenvalue weighted by molar-refractivity contribution is 5.41. The maximum Gasteiger partial charge on any atom is 0.170 e. The number of hydrogen-bond acceptors (Lipinski definition) is 3. The Hall–Kier alpha value is -0.990. The van der Waals surface area contributed by atoms with E-state index in [-0.39, 0.29) is 5.41 Å². The van der Waals surface area contributed by atoms with Crippen LogP contribution < -0.4 is 5.73 Å². The molecule has 0 bridgehead atoms. The third-order valence-corrected chi connectivity index (χ3v) is 3.22. The molecule has 0 amide bonds. The zero-order valence-electron chi connectivity index (χ0n) is 8.26. The van der Waals surface area contributed by atoms with Crippen molar-refractivity contribution >= 4 is 5.82 Å². The standard InChI is InChI=1S/C10H16N2O/c1-7-8(13-12-9(7)11)10(2)5-3-4-6-10/h3-6H2,1-2H3,(H2,11,12). The zero-order chi connectivity index (χ0) is 9.47.